The van der Waals surface area contributed by atoms with Crippen LogP contribution in [0.2, 0.25) is 0 Å². The van der Waals surface area contributed by atoms with E-state index in [-0.39, 0.29) is 11.8 Å². The van der Waals surface area contributed by atoms with Gasteiger partial charge in [-0.15, -0.1) is 0 Å². The smallest absolute Gasteiger partial charge is 0.257 e. The lowest BCUT2D eigenvalue weighted by Crippen LogP contribution is -2.23. The van der Waals surface area contributed by atoms with E-state index in [1.165, 1.54) is 11.8 Å². The third-order valence-electron chi connectivity index (χ3n) is 3.36. The van der Waals surface area contributed by atoms with Gasteiger partial charge in [0.05, 0.1) is 4.91 Å². The number of nitrogens with one attached hydrogen (secondary N) is 1. The molecule has 0 unspecified atom stereocenters. The second-order valence-electron chi connectivity index (χ2n) is 5.13. The average molecular weight is 348 g/mol. The normalized spacial score (nSPS) is 11.5. The fraction of sp³-hybridized carbons (Fsp3) is 0. The summed E-state index contributed by atoms with van der Waals surface area (Å²) in [5.41, 5.74) is 1.27. The van der Waals surface area contributed by atoms with E-state index in [0.717, 1.165) is 10.6 Å². The fourth-order valence-corrected chi connectivity index (χ4v) is 3.04. The molecule has 3 aromatic rings. The predicted octanol–water partition coefficient (Wildman–Crippen LogP) is 4.49. The first-order chi connectivity index (χ1) is 12.2. The molecule has 0 bridgehead atoms. The van der Waals surface area contributed by atoms with Crippen LogP contribution in [0.4, 0.5) is 0 Å². The zero-order valence-electron chi connectivity index (χ0n) is 13.3. The van der Waals surface area contributed by atoms with E-state index in [9.17, 15) is 9.90 Å². The fourth-order valence-electron chi connectivity index (χ4n) is 2.17. The summed E-state index contributed by atoms with van der Waals surface area (Å²) < 4.78 is 0. The summed E-state index contributed by atoms with van der Waals surface area (Å²) in [7, 11) is 0. The Morgan fingerprint density at radius 1 is 0.840 bits per heavy atom. The van der Waals surface area contributed by atoms with Gasteiger partial charge in [-0.25, -0.2) is 4.98 Å². The quantitative estimate of drug-likeness (QED) is 0.527. The van der Waals surface area contributed by atoms with Crippen molar-refractivity contribution >= 4 is 22.6 Å². The molecule has 3 rings (SSSR count). The van der Waals surface area contributed by atoms with Crippen molar-refractivity contribution in [2.45, 2.75) is 5.03 Å². The maximum Gasteiger partial charge on any atom is 0.257 e. The Kier molecular flexibility index (Phi) is 5.49. The van der Waals surface area contributed by atoms with Gasteiger partial charge < -0.3 is 5.11 Å². The Bertz CT molecular complexity index is 866. The van der Waals surface area contributed by atoms with Crippen molar-refractivity contribution in [1.82, 2.24) is 10.3 Å². The number of aromatic nitrogens is 1. The van der Waals surface area contributed by atoms with E-state index in [0.29, 0.717) is 10.5 Å². The average Bonchev–Trinajstić information content (AvgIpc) is 2.68. The Labute approximate surface area is 150 Å². The summed E-state index contributed by atoms with van der Waals surface area (Å²) in [5, 5.41) is 13.8. The van der Waals surface area contributed by atoms with E-state index in [1.54, 1.807) is 30.5 Å². The number of aliphatic hydroxyl groups is 1. The number of carbonyl (C=O) groups excluding carboxylic acids is 1. The third kappa shape index (κ3) is 4.49. The van der Waals surface area contributed by atoms with Gasteiger partial charge >= 0.3 is 0 Å². The highest BCUT2D eigenvalue weighted by Gasteiger charge is 2.15. The van der Waals surface area contributed by atoms with Crippen LogP contribution in [0, 0.1) is 0 Å². The lowest BCUT2D eigenvalue weighted by Gasteiger charge is -2.11. The second-order valence-corrected chi connectivity index (χ2v) is 6.16. The van der Waals surface area contributed by atoms with Crippen molar-refractivity contribution in [3.05, 3.63) is 102 Å². The highest BCUT2D eigenvalue weighted by Crippen LogP contribution is 2.34. The Morgan fingerprint density at radius 2 is 1.44 bits per heavy atom. The molecule has 0 radical (unpaired) electrons. The summed E-state index contributed by atoms with van der Waals surface area (Å²) in [6.45, 7) is 0. The number of hydrogen-bond acceptors (Lipinski definition) is 4. The van der Waals surface area contributed by atoms with Crippen LogP contribution in [-0.2, 0) is 0 Å². The lowest BCUT2D eigenvalue weighted by molar-refractivity contribution is 0.0948. The van der Waals surface area contributed by atoms with E-state index >= 15 is 0 Å². The van der Waals surface area contributed by atoms with Crippen LogP contribution in [0.5, 0.6) is 0 Å². The SMILES string of the molecule is O=C(N/C(O)=C(/Sc1ccccn1)c1ccccc1)c1ccccc1. The number of thioether (sulfide) groups is 1. The molecule has 0 saturated heterocycles. The highest BCUT2D eigenvalue weighted by molar-refractivity contribution is 8.08. The molecule has 0 aliphatic rings. The van der Waals surface area contributed by atoms with Crippen molar-refractivity contribution in [1.29, 1.82) is 0 Å². The van der Waals surface area contributed by atoms with Gasteiger partial charge in [0.1, 0.15) is 5.03 Å². The van der Waals surface area contributed by atoms with E-state index in [1.807, 2.05) is 54.6 Å². The summed E-state index contributed by atoms with van der Waals surface area (Å²) in [6, 6.07) is 23.7. The minimum absolute atomic E-state index is 0.198. The topological polar surface area (TPSA) is 62.2 Å². The van der Waals surface area contributed by atoms with Gasteiger partial charge in [0, 0.05) is 11.8 Å². The van der Waals surface area contributed by atoms with Gasteiger partial charge in [-0.05, 0) is 29.8 Å². The molecule has 0 aliphatic heterocycles. The van der Waals surface area contributed by atoms with Gasteiger partial charge in [0.25, 0.3) is 5.91 Å². The molecule has 124 valence electrons. The van der Waals surface area contributed by atoms with E-state index < -0.39 is 0 Å². The van der Waals surface area contributed by atoms with Crippen LogP contribution in [0.1, 0.15) is 15.9 Å². The van der Waals surface area contributed by atoms with Gasteiger partial charge in [0.2, 0.25) is 5.88 Å². The summed E-state index contributed by atoms with van der Waals surface area (Å²) in [5.74, 6) is -0.566. The maximum atomic E-state index is 12.3. The lowest BCUT2D eigenvalue weighted by atomic mass is 10.2. The molecular weight excluding hydrogens is 332 g/mol. The monoisotopic (exact) mass is 348 g/mol. The van der Waals surface area contributed by atoms with Crippen LogP contribution in [0.3, 0.4) is 0 Å². The minimum Gasteiger partial charge on any atom is -0.494 e. The van der Waals surface area contributed by atoms with Crippen LogP contribution in [0.15, 0.2) is 96.0 Å². The summed E-state index contributed by atoms with van der Waals surface area (Å²) >= 11 is 1.29. The molecule has 1 heterocycles. The number of aliphatic hydroxyl groups excluding tert-OH is 1. The van der Waals surface area contributed by atoms with Crippen LogP contribution < -0.4 is 5.32 Å². The first kappa shape index (κ1) is 16.8. The van der Waals surface area contributed by atoms with Crippen molar-refractivity contribution < 1.29 is 9.90 Å². The molecule has 0 atom stereocenters. The number of amides is 1. The molecule has 0 saturated carbocycles. The number of pyridine rings is 1. The summed E-state index contributed by atoms with van der Waals surface area (Å²) in [6.07, 6.45) is 1.69. The van der Waals surface area contributed by atoms with Crippen molar-refractivity contribution in [3.63, 3.8) is 0 Å². The van der Waals surface area contributed by atoms with E-state index in [2.05, 4.69) is 10.3 Å². The van der Waals surface area contributed by atoms with Crippen LogP contribution >= 0.6 is 11.8 Å². The number of nitrogens with zero attached hydrogens (tertiary/aromatic N) is 1. The second kappa shape index (κ2) is 8.17. The summed E-state index contributed by atoms with van der Waals surface area (Å²) in [4.78, 5) is 17.1. The predicted molar refractivity (Wildman–Crippen MR) is 100.0 cm³/mol. The molecule has 4 nitrogen and oxygen atoms in total. The van der Waals surface area contributed by atoms with Crippen molar-refractivity contribution in [3.8, 4) is 0 Å². The van der Waals surface area contributed by atoms with Crippen LogP contribution in [0.25, 0.3) is 4.91 Å². The first-order valence-electron chi connectivity index (χ1n) is 7.68. The minimum atomic E-state index is -0.367. The standard InChI is InChI=1S/C20H16N2O2S/c23-19(16-11-5-2-6-12-16)22-20(24)18(15-9-3-1-4-10-15)25-17-13-7-8-14-21-17/h1-14,24H,(H,22,23)/b20-18-. The molecule has 0 spiro atoms. The van der Waals surface area contributed by atoms with E-state index in [4.69, 9.17) is 0 Å². The van der Waals surface area contributed by atoms with Crippen LogP contribution in [-0.4, -0.2) is 16.0 Å². The number of hydrogen-bond donors (Lipinski definition) is 2. The Hall–Kier alpha value is -3.05. The van der Waals surface area contributed by atoms with Gasteiger partial charge in [-0.3, -0.25) is 10.1 Å². The van der Waals surface area contributed by atoms with Gasteiger partial charge in [-0.2, -0.15) is 0 Å². The van der Waals surface area contributed by atoms with Crippen molar-refractivity contribution in [2.24, 2.45) is 0 Å². The largest absolute Gasteiger partial charge is 0.494 e. The third-order valence-corrected chi connectivity index (χ3v) is 4.45. The molecule has 5 heteroatoms. The van der Waals surface area contributed by atoms with Gasteiger partial charge in [0.15, 0.2) is 0 Å². The Morgan fingerprint density at radius 3 is 2.04 bits per heavy atom. The molecule has 0 aliphatic carbocycles. The first-order valence-corrected chi connectivity index (χ1v) is 8.49. The zero-order chi connectivity index (χ0) is 17.5. The Balaban J connectivity index is 1.92. The molecular formula is C20H16N2O2S. The molecule has 0 fully saturated rings. The molecule has 2 N–H and O–H groups in total. The molecule has 1 aromatic heterocycles. The molecule has 2 aromatic carbocycles. The molecule has 1 amide bonds. The van der Waals surface area contributed by atoms with Gasteiger partial charge in [-0.1, -0.05) is 66.4 Å². The van der Waals surface area contributed by atoms with Crippen molar-refractivity contribution in [2.75, 3.05) is 0 Å². The zero-order valence-corrected chi connectivity index (χ0v) is 14.1. The number of benzene rings is 2. The number of carbonyl (C=O) groups is 1. The number of rotatable bonds is 5. The molecule has 25 heavy (non-hydrogen) atoms. The maximum absolute atomic E-state index is 12.3. The highest BCUT2D eigenvalue weighted by atomic mass is 32.2.